The lowest BCUT2D eigenvalue weighted by Crippen LogP contribution is -2.60. The van der Waals surface area contributed by atoms with Crippen molar-refractivity contribution < 1.29 is 33.9 Å². The van der Waals surface area contributed by atoms with Crippen molar-refractivity contribution in [3.8, 4) is 0 Å². The molecule has 0 heterocycles. The summed E-state index contributed by atoms with van der Waals surface area (Å²) in [6, 6.07) is 28.6. The lowest BCUT2D eigenvalue weighted by Gasteiger charge is -2.27. The van der Waals surface area contributed by atoms with Crippen molar-refractivity contribution in [1.29, 1.82) is 0 Å². The van der Waals surface area contributed by atoms with Crippen molar-refractivity contribution in [2.75, 3.05) is 11.5 Å². The summed E-state index contributed by atoms with van der Waals surface area (Å²) < 4.78 is 0. The molecule has 0 bridgehead atoms. The molecule has 0 aliphatic heterocycles. The highest BCUT2D eigenvalue weighted by atomic mass is 32.1. The van der Waals surface area contributed by atoms with E-state index in [0.717, 1.165) is 5.56 Å². The molecule has 0 aliphatic carbocycles. The summed E-state index contributed by atoms with van der Waals surface area (Å²) in [7, 11) is 0. The highest BCUT2D eigenvalue weighted by Gasteiger charge is 2.33. The zero-order valence-electron chi connectivity index (χ0n) is 31.1. The Kier molecular flexibility index (Phi) is 17.6. The molecule has 15 heteroatoms. The first-order chi connectivity index (χ1) is 27.5. The standard InChI is InChI=1S/C42H48N6O7S2/c43-31(25-56)37(49)44-32(21-27-13-5-1-6-14-27)38(50)45-33(22-28-15-7-2-8-16-28)39(51)46-34(23-29-17-9-3-10-18-29)40(52)47-35(24-30-19-11-4-12-20-30)41(53)48-36(26-57)42(54)55/h1-20,31-36,56-57H,21-26,43H2,(H,44,49)(H,45,50)(H,46,51)(H,47,52)(H,48,53)(H,54,55)/t31-,32-,33-,34-,35-,36-/m0/s1. The quantitative estimate of drug-likeness (QED) is 0.0565. The van der Waals surface area contributed by atoms with E-state index in [1.54, 1.807) is 109 Å². The molecule has 13 nitrogen and oxygen atoms in total. The number of hydrogen-bond acceptors (Lipinski definition) is 9. The molecule has 0 unspecified atom stereocenters. The topological polar surface area (TPSA) is 209 Å². The molecule has 0 saturated heterocycles. The third-order valence-corrected chi connectivity index (χ3v) is 9.75. The van der Waals surface area contributed by atoms with Crippen molar-refractivity contribution in [2.24, 2.45) is 5.73 Å². The molecule has 6 atom stereocenters. The van der Waals surface area contributed by atoms with Crippen LogP contribution in [-0.4, -0.2) is 88.4 Å². The average Bonchev–Trinajstić information content (AvgIpc) is 3.22. The number of amides is 5. The minimum absolute atomic E-state index is 0.00674. The Morgan fingerprint density at radius 2 is 0.667 bits per heavy atom. The van der Waals surface area contributed by atoms with E-state index < -0.39 is 71.8 Å². The fourth-order valence-electron chi connectivity index (χ4n) is 5.87. The van der Waals surface area contributed by atoms with Crippen LogP contribution in [0.4, 0.5) is 0 Å². The predicted octanol–water partition coefficient (Wildman–Crippen LogP) is 1.65. The van der Waals surface area contributed by atoms with Gasteiger partial charge >= 0.3 is 5.97 Å². The number of carbonyl (C=O) groups excluding carboxylic acids is 5. The van der Waals surface area contributed by atoms with Crippen LogP contribution < -0.4 is 32.3 Å². The van der Waals surface area contributed by atoms with Gasteiger partial charge in [-0.25, -0.2) is 4.79 Å². The highest BCUT2D eigenvalue weighted by molar-refractivity contribution is 7.80. The summed E-state index contributed by atoms with van der Waals surface area (Å²) in [5, 5.41) is 23.0. The second-order valence-corrected chi connectivity index (χ2v) is 14.1. The number of nitrogens with one attached hydrogen (secondary N) is 5. The Morgan fingerprint density at radius 1 is 0.421 bits per heavy atom. The van der Waals surface area contributed by atoms with E-state index in [1.165, 1.54) is 0 Å². The smallest absolute Gasteiger partial charge is 0.327 e. The number of nitrogens with two attached hydrogens (primary N) is 1. The molecule has 0 saturated carbocycles. The summed E-state index contributed by atoms with van der Waals surface area (Å²) in [6.07, 6.45) is 0.144. The largest absolute Gasteiger partial charge is 0.480 e. The Labute approximate surface area is 342 Å². The maximum atomic E-state index is 14.3. The van der Waals surface area contributed by atoms with Crippen LogP contribution in [0, 0.1) is 0 Å². The first-order valence-electron chi connectivity index (χ1n) is 18.3. The lowest BCUT2D eigenvalue weighted by atomic mass is 10.00. The first-order valence-corrected chi connectivity index (χ1v) is 19.6. The number of benzene rings is 4. The molecule has 0 radical (unpaired) electrons. The van der Waals surface area contributed by atoms with Gasteiger partial charge in [0.05, 0.1) is 6.04 Å². The maximum Gasteiger partial charge on any atom is 0.327 e. The molecule has 0 spiro atoms. The van der Waals surface area contributed by atoms with E-state index in [0.29, 0.717) is 16.7 Å². The van der Waals surface area contributed by atoms with E-state index in [2.05, 4.69) is 51.8 Å². The molecule has 5 amide bonds. The molecular formula is C42H48N6O7S2. The van der Waals surface area contributed by atoms with Gasteiger partial charge in [-0.05, 0) is 22.3 Å². The zero-order valence-corrected chi connectivity index (χ0v) is 32.9. The summed E-state index contributed by atoms with van der Waals surface area (Å²) >= 11 is 8.16. The second kappa shape index (κ2) is 22.8. The molecule has 0 fully saturated rings. The molecule has 8 N–H and O–H groups in total. The van der Waals surface area contributed by atoms with Crippen LogP contribution in [0.25, 0.3) is 0 Å². The van der Waals surface area contributed by atoms with Crippen molar-refractivity contribution in [1.82, 2.24) is 26.6 Å². The maximum absolute atomic E-state index is 14.3. The average molecular weight is 813 g/mol. The Balaban J connectivity index is 1.64. The van der Waals surface area contributed by atoms with Gasteiger partial charge in [0, 0.05) is 37.2 Å². The Morgan fingerprint density at radius 3 is 0.895 bits per heavy atom. The summed E-state index contributed by atoms with van der Waals surface area (Å²) in [6.45, 7) is 0. The van der Waals surface area contributed by atoms with Crippen molar-refractivity contribution in [3.63, 3.8) is 0 Å². The van der Waals surface area contributed by atoms with Gasteiger partial charge < -0.3 is 37.4 Å². The zero-order chi connectivity index (χ0) is 41.2. The predicted molar refractivity (Wildman–Crippen MR) is 224 cm³/mol. The van der Waals surface area contributed by atoms with Gasteiger partial charge in [-0.3, -0.25) is 24.0 Å². The van der Waals surface area contributed by atoms with Gasteiger partial charge in [-0.2, -0.15) is 25.3 Å². The SMILES string of the molecule is N[C@@H](CS)C(=O)N[C@@H](Cc1ccccc1)C(=O)N[C@@H](Cc1ccccc1)C(=O)N[C@@H](Cc1ccccc1)C(=O)N[C@@H](Cc1ccccc1)C(=O)N[C@@H](CS)C(=O)O. The number of carboxylic acid groups (broad SMARTS) is 1. The molecule has 4 aromatic carbocycles. The van der Waals surface area contributed by atoms with Crippen molar-refractivity contribution >= 4 is 60.8 Å². The van der Waals surface area contributed by atoms with Gasteiger partial charge in [-0.15, -0.1) is 0 Å². The normalized spacial score (nSPS) is 14.0. The minimum atomic E-state index is -1.32. The van der Waals surface area contributed by atoms with Gasteiger partial charge in [-0.1, -0.05) is 121 Å². The molecule has 57 heavy (non-hydrogen) atoms. The van der Waals surface area contributed by atoms with E-state index >= 15 is 0 Å². The van der Waals surface area contributed by atoms with Crippen LogP contribution in [0.2, 0.25) is 0 Å². The lowest BCUT2D eigenvalue weighted by molar-refractivity contribution is -0.141. The van der Waals surface area contributed by atoms with Crippen LogP contribution in [-0.2, 0) is 54.5 Å². The van der Waals surface area contributed by atoms with Crippen LogP contribution in [0.15, 0.2) is 121 Å². The van der Waals surface area contributed by atoms with Crippen LogP contribution in [0.1, 0.15) is 22.3 Å². The number of carbonyl (C=O) groups is 6. The fourth-order valence-corrected chi connectivity index (χ4v) is 6.29. The molecule has 4 rings (SSSR count). The van der Waals surface area contributed by atoms with Crippen molar-refractivity contribution in [2.45, 2.75) is 61.9 Å². The molecule has 0 aromatic heterocycles. The van der Waals surface area contributed by atoms with Gasteiger partial charge in [0.25, 0.3) is 0 Å². The van der Waals surface area contributed by atoms with E-state index in [-0.39, 0.29) is 37.2 Å². The molecule has 4 aromatic rings. The van der Waals surface area contributed by atoms with E-state index in [1.807, 2.05) is 12.1 Å². The Bertz CT molecular complexity index is 1930. The number of carboxylic acids is 1. The van der Waals surface area contributed by atoms with Gasteiger partial charge in [0.2, 0.25) is 29.5 Å². The third-order valence-electron chi connectivity index (χ3n) is 8.99. The molecule has 0 aliphatic rings. The third kappa shape index (κ3) is 14.4. The van der Waals surface area contributed by atoms with Gasteiger partial charge in [0.1, 0.15) is 30.2 Å². The van der Waals surface area contributed by atoms with E-state index in [4.69, 9.17) is 5.73 Å². The minimum Gasteiger partial charge on any atom is -0.480 e. The molecular weight excluding hydrogens is 765 g/mol. The second-order valence-electron chi connectivity index (χ2n) is 13.4. The monoisotopic (exact) mass is 812 g/mol. The number of aliphatic carboxylic acids is 1. The van der Waals surface area contributed by atoms with E-state index in [9.17, 15) is 33.9 Å². The van der Waals surface area contributed by atoms with Crippen LogP contribution in [0.3, 0.4) is 0 Å². The Hall–Kier alpha value is -5.64. The number of thiol groups is 2. The first kappa shape index (κ1) is 44.1. The fraction of sp³-hybridized carbons (Fsp3) is 0.286. The van der Waals surface area contributed by atoms with Gasteiger partial charge in [0.15, 0.2) is 0 Å². The molecule has 300 valence electrons. The summed E-state index contributed by atoms with van der Waals surface area (Å²) in [5.41, 5.74) is 8.76. The summed E-state index contributed by atoms with van der Waals surface area (Å²) in [4.78, 5) is 80.7. The highest BCUT2D eigenvalue weighted by Crippen LogP contribution is 2.11. The summed E-state index contributed by atoms with van der Waals surface area (Å²) in [5.74, 6) is -4.87. The van der Waals surface area contributed by atoms with Crippen LogP contribution >= 0.6 is 25.3 Å². The van der Waals surface area contributed by atoms with Crippen LogP contribution in [0.5, 0.6) is 0 Å². The van der Waals surface area contributed by atoms with Crippen molar-refractivity contribution in [3.05, 3.63) is 144 Å². The number of rotatable bonds is 21. The number of hydrogen-bond donors (Lipinski definition) is 9.